The van der Waals surface area contributed by atoms with E-state index in [1.165, 1.54) is 75.8 Å². The fraction of sp³-hybridized carbons (Fsp3) is 0.875. The number of rotatable bonds is 15. The minimum Gasteiger partial charge on any atom is -0.481 e. The highest BCUT2D eigenvalue weighted by molar-refractivity contribution is 7.99. The minimum atomic E-state index is -0.692. The molecular formula is C24H41NO3S. The predicted octanol–water partition coefficient (Wildman–Crippen LogP) is 5.42. The minimum absolute atomic E-state index is 0.276. The molecule has 5 heteroatoms. The van der Waals surface area contributed by atoms with Crippen molar-refractivity contribution in [3.63, 3.8) is 0 Å². The largest absolute Gasteiger partial charge is 0.481 e. The molecule has 2 heterocycles. The Morgan fingerprint density at radius 1 is 1.00 bits per heavy atom. The van der Waals surface area contributed by atoms with Gasteiger partial charge in [0.15, 0.2) is 0 Å². The van der Waals surface area contributed by atoms with Crippen LogP contribution in [0, 0.1) is 11.8 Å². The molecule has 0 unspecified atom stereocenters. The van der Waals surface area contributed by atoms with E-state index in [-0.39, 0.29) is 6.42 Å². The third-order valence-corrected chi connectivity index (χ3v) is 8.13. The van der Waals surface area contributed by atoms with E-state index in [0.717, 1.165) is 31.2 Å². The Balaban J connectivity index is 1.23. The van der Waals surface area contributed by atoms with Crippen molar-refractivity contribution in [1.82, 2.24) is 5.32 Å². The van der Waals surface area contributed by atoms with Crippen LogP contribution in [-0.4, -0.2) is 47.4 Å². The first kappa shape index (κ1) is 23.1. The van der Waals surface area contributed by atoms with Gasteiger partial charge in [-0.25, -0.2) is 0 Å². The zero-order chi connectivity index (χ0) is 20.3. The molecular weight excluding hydrogens is 382 g/mol. The number of thioether (sulfide) groups is 1. The average Bonchev–Trinajstić information content (AvgIpc) is 3.44. The summed E-state index contributed by atoms with van der Waals surface area (Å²) in [6.45, 7) is 1.20. The fourth-order valence-corrected chi connectivity index (χ4v) is 6.48. The molecule has 3 fully saturated rings. The first-order valence-corrected chi connectivity index (χ1v) is 13.2. The van der Waals surface area contributed by atoms with Gasteiger partial charge >= 0.3 is 5.97 Å². The highest BCUT2D eigenvalue weighted by Gasteiger charge is 2.47. The van der Waals surface area contributed by atoms with Crippen molar-refractivity contribution in [1.29, 1.82) is 0 Å². The molecule has 0 aromatic heterocycles. The first-order chi connectivity index (χ1) is 14.2. The van der Waals surface area contributed by atoms with Gasteiger partial charge in [-0.15, -0.1) is 0 Å². The average molecular weight is 424 g/mol. The highest BCUT2D eigenvalue weighted by Crippen LogP contribution is 2.47. The first-order valence-electron chi connectivity index (χ1n) is 12.1. The van der Waals surface area contributed by atoms with Crippen molar-refractivity contribution in [2.45, 2.75) is 102 Å². The monoisotopic (exact) mass is 423 g/mol. The zero-order valence-electron chi connectivity index (χ0n) is 18.0. The van der Waals surface area contributed by atoms with Gasteiger partial charge in [0.2, 0.25) is 0 Å². The van der Waals surface area contributed by atoms with Crippen LogP contribution in [0.5, 0.6) is 0 Å². The summed E-state index contributed by atoms with van der Waals surface area (Å²) in [6.07, 6.45) is 20.5. The molecule has 0 amide bonds. The van der Waals surface area contributed by atoms with E-state index in [0.29, 0.717) is 18.1 Å². The molecule has 1 saturated carbocycles. The maximum absolute atomic E-state index is 10.6. The van der Waals surface area contributed by atoms with Crippen LogP contribution in [-0.2, 0) is 9.53 Å². The number of unbranched alkanes of at least 4 members (excludes halogenated alkanes) is 2. The summed E-state index contributed by atoms with van der Waals surface area (Å²) in [5.41, 5.74) is 0. The maximum atomic E-state index is 10.6. The lowest BCUT2D eigenvalue weighted by Crippen LogP contribution is -2.27. The number of fused-ring (bicyclic) bond motifs is 2. The molecule has 0 aromatic rings. The molecule has 2 bridgehead atoms. The summed E-state index contributed by atoms with van der Waals surface area (Å²) >= 11 is 2.13. The Labute approximate surface area is 181 Å². The van der Waals surface area contributed by atoms with Crippen LogP contribution in [0.15, 0.2) is 12.2 Å². The van der Waals surface area contributed by atoms with E-state index in [1.54, 1.807) is 0 Å². The van der Waals surface area contributed by atoms with Crippen LogP contribution in [0.2, 0.25) is 0 Å². The van der Waals surface area contributed by atoms with Gasteiger partial charge in [0.05, 0.1) is 12.2 Å². The summed E-state index contributed by atoms with van der Waals surface area (Å²) in [4.78, 5) is 10.6. The number of ether oxygens (including phenoxy) is 1. The smallest absolute Gasteiger partial charge is 0.303 e. The molecule has 3 rings (SSSR count). The summed E-state index contributed by atoms with van der Waals surface area (Å²) in [5.74, 6) is 3.28. The van der Waals surface area contributed by atoms with Crippen molar-refractivity contribution < 1.29 is 14.6 Å². The van der Waals surface area contributed by atoms with Crippen LogP contribution >= 0.6 is 11.8 Å². The number of hydrogen-bond acceptors (Lipinski definition) is 4. The Morgan fingerprint density at radius 3 is 2.59 bits per heavy atom. The summed E-state index contributed by atoms with van der Waals surface area (Å²) in [5, 5.41) is 12.4. The molecule has 3 aliphatic rings. The number of carboxylic acids is 1. The molecule has 2 N–H and O–H groups in total. The lowest BCUT2D eigenvalue weighted by molar-refractivity contribution is -0.137. The number of carboxylic acid groups (broad SMARTS) is 1. The second kappa shape index (κ2) is 13.0. The van der Waals surface area contributed by atoms with E-state index in [9.17, 15) is 4.79 Å². The summed E-state index contributed by atoms with van der Waals surface area (Å²) in [6, 6.07) is 0.809. The van der Waals surface area contributed by atoms with Crippen molar-refractivity contribution in [2.75, 3.05) is 18.1 Å². The normalized spacial score (nSPS) is 29.4. The molecule has 1 aliphatic carbocycles. The topological polar surface area (TPSA) is 58.6 Å². The molecule has 0 radical (unpaired) electrons. The van der Waals surface area contributed by atoms with E-state index < -0.39 is 5.97 Å². The standard InChI is InChI=1S/C24H41NO3S/c26-24(27)12-4-2-1-3-11-20-21(23-14-13-22(20)28-23)15-18-29-17-8-7-16-25-19-9-5-6-10-19/h1,3,19-23,25H,2,4-18H2,(H,26,27)/b3-1-/t20-,21+,22-,23+/m1/s1. The SMILES string of the molecule is O=C(O)CCC/C=C\C[C@@H]1[C@H](CCSCCCCNC2CCCC2)[C@@H]2CC[C@H]1O2. The van der Waals surface area contributed by atoms with E-state index in [4.69, 9.17) is 9.84 Å². The summed E-state index contributed by atoms with van der Waals surface area (Å²) < 4.78 is 6.24. The van der Waals surface area contributed by atoms with Gasteiger partial charge in [-0.3, -0.25) is 4.79 Å². The second-order valence-corrected chi connectivity index (χ2v) is 10.4. The third kappa shape index (κ3) is 7.91. The number of aliphatic carboxylic acids is 1. The lowest BCUT2D eigenvalue weighted by Gasteiger charge is -2.27. The van der Waals surface area contributed by atoms with Crippen molar-refractivity contribution in [3.05, 3.63) is 12.2 Å². The Kier molecular flexibility index (Phi) is 10.4. The van der Waals surface area contributed by atoms with E-state index in [2.05, 4.69) is 29.2 Å². The highest BCUT2D eigenvalue weighted by atomic mass is 32.2. The number of allylic oxidation sites excluding steroid dienone is 2. The molecule has 0 aromatic carbocycles. The van der Waals surface area contributed by atoms with Gasteiger partial charge in [-0.2, -0.15) is 11.8 Å². The molecule has 4 atom stereocenters. The lowest BCUT2D eigenvalue weighted by atomic mass is 9.76. The number of nitrogens with one attached hydrogen (secondary N) is 1. The van der Waals surface area contributed by atoms with Gasteiger partial charge in [-0.1, -0.05) is 25.0 Å². The molecule has 2 saturated heterocycles. The number of hydrogen-bond donors (Lipinski definition) is 2. The van der Waals surface area contributed by atoms with Crippen molar-refractivity contribution in [2.24, 2.45) is 11.8 Å². The molecule has 2 aliphatic heterocycles. The van der Waals surface area contributed by atoms with Crippen LogP contribution < -0.4 is 5.32 Å². The number of carbonyl (C=O) groups is 1. The predicted molar refractivity (Wildman–Crippen MR) is 122 cm³/mol. The fourth-order valence-electron chi connectivity index (χ4n) is 5.43. The van der Waals surface area contributed by atoms with Crippen LogP contribution in [0.25, 0.3) is 0 Å². The van der Waals surface area contributed by atoms with Gasteiger partial charge in [0.1, 0.15) is 0 Å². The molecule has 4 nitrogen and oxygen atoms in total. The summed E-state index contributed by atoms with van der Waals surface area (Å²) in [7, 11) is 0. The van der Waals surface area contributed by atoms with Gasteiger partial charge in [0, 0.05) is 12.5 Å². The third-order valence-electron chi connectivity index (χ3n) is 7.03. The second-order valence-electron chi connectivity index (χ2n) is 9.15. The van der Waals surface area contributed by atoms with E-state index in [1.807, 2.05) is 0 Å². The van der Waals surface area contributed by atoms with Gasteiger partial charge in [0.25, 0.3) is 0 Å². The van der Waals surface area contributed by atoms with Crippen molar-refractivity contribution in [3.8, 4) is 0 Å². The van der Waals surface area contributed by atoms with Gasteiger partial charge < -0.3 is 15.2 Å². The molecule has 29 heavy (non-hydrogen) atoms. The Morgan fingerprint density at radius 2 is 1.79 bits per heavy atom. The van der Waals surface area contributed by atoms with Crippen LogP contribution in [0.1, 0.15) is 83.5 Å². The van der Waals surface area contributed by atoms with E-state index >= 15 is 0 Å². The van der Waals surface area contributed by atoms with Gasteiger partial charge in [-0.05, 0) is 94.1 Å². The van der Waals surface area contributed by atoms with Crippen LogP contribution in [0.4, 0.5) is 0 Å². The van der Waals surface area contributed by atoms with Crippen molar-refractivity contribution >= 4 is 17.7 Å². The Bertz CT molecular complexity index is 506. The quantitative estimate of drug-likeness (QED) is 0.272. The molecule has 0 spiro atoms. The Hall–Kier alpha value is -0.520. The molecule has 166 valence electrons. The maximum Gasteiger partial charge on any atom is 0.303 e. The zero-order valence-corrected chi connectivity index (χ0v) is 18.8. The van der Waals surface area contributed by atoms with Crippen LogP contribution in [0.3, 0.4) is 0 Å².